The van der Waals surface area contributed by atoms with Gasteiger partial charge in [-0.05, 0) is 24.6 Å². The van der Waals surface area contributed by atoms with E-state index >= 15 is 0 Å². The van der Waals surface area contributed by atoms with Crippen LogP contribution in [0.25, 0.3) is 0 Å². The lowest BCUT2D eigenvalue weighted by Crippen LogP contribution is -2.44. The summed E-state index contributed by atoms with van der Waals surface area (Å²) in [6.07, 6.45) is 0.191. The molecule has 0 saturated carbocycles. The lowest BCUT2D eigenvalue weighted by atomic mass is 10.1. The van der Waals surface area contributed by atoms with Crippen molar-refractivity contribution in [2.45, 2.75) is 13.0 Å². The number of ether oxygens (including phenoxy) is 1. The first-order chi connectivity index (χ1) is 8.70. The molecule has 1 aromatic rings. The molecule has 4 nitrogen and oxygen atoms in total. The molecule has 96 valence electrons. The second-order valence-corrected chi connectivity index (χ2v) is 4.71. The van der Waals surface area contributed by atoms with Crippen molar-refractivity contribution < 1.29 is 4.74 Å². The van der Waals surface area contributed by atoms with Crippen molar-refractivity contribution in [2.24, 2.45) is 0 Å². The summed E-state index contributed by atoms with van der Waals surface area (Å²) in [7, 11) is 2.01. The Hall–Kier alpha value is -1.57. The molecule has 4 heteroatoms. The number of benzene rings is 1. The maximum atomic E-state index is 9.14. The monoisotopic (exact) mass is 245 g/mol. The highest BCUT2D eigenvalue weighted by Gasteiger charge is 2.17. The highest BCUT2D eigenvalue weighted by atomic mass is 16.5. The summed E-state index contributed by atoms with van der Waals surface area (Å²) in [5.74, 6) is 0. The Bertz CT molecular complexity index is 447. The Kier molecular flexibility index (Phi) is 4.19. The molecule has 0 spiro atoms. The van der Waals surface area contributed by atoms with E-state index in [1.165, 1.54) is 5.56 Å². The first kappa shape index (κ1) is 12.9. The molecule has 1 aliphatic rings. The van der Waals surface area contributed by atoms with Gasteiger partial charge >= 0.3 is 0 Å². The average molecular weight is 245 g/mol. The van der Waals surface area contributed by atoms with Crippen molar-refractivity contribution in [2.75, 3.05) is 38.2 Å². The Labute approximate surface area is 108 Å². The minimum atomic E-state index is 0.191. The maximum absolute atomic E-state index is 9.14. The van der Waals surface area contributed by atoms with Crippen LogP contribution in [0, 0.1) is 18.3 Å². The molecule has 1 unspecified atom stereocenters. The number of nitrogens with zero attached hydrogens (tertiary/aromatic N) is 2. The van der Waals surface area contributed by atoms with Gasteiger partial charge in [0, 0.05) is 26.7 Å². The Balaban J connectivity index is 2.10. The van der Waals surface area contributed by atoms with Crippen LogP contribution in [-0.2, 0) is 4.74 Å². The lowest BCUT2D eigenvalue weighted by Gasteiger charge is -2.29. The largest absolute Gasteiger partial charge is 0.374 e. The van der Waals surface area contributed by atoms with Gasteiger partial charge in [0.1, 0.15) is 6.07 Å². The number of aryl methyl sites for hydroxylation is 1. The summed E-state index contributed by atoms with van der Waals surface area (Å²) in [5, 5.41) is 12.5. The van der Waals surface area contributed by atoms with E-state index in [1.807, 2.05) is 26.1 Å². The number of nitriles is 1. The van der Waals surface area contributed by atoms with Gasteiger partial charge in [-0.1, -0.05) is 6.07 Å². The van der Waals surface area contributed by atoms with Crippen LogP contribution in [0.1, 0.15) is 11.1 Å². The third-order valence-electron chi connectivity index (χ3n) is 3.17. The quantitative estimate of drug-likeness (QED) is 0.872. The van der Waals surface area contributed by atoms with Crippen molar-refractivity contribution in [3.63, 3.8) is 0 Å². The van der Waals surface area contributed by atoms with Gasteiger partial charge in [0.25, 0.3) is 0 Å². The highest BCUT2D eigenvalue weighted by Crippen LogP contribution is 2.21. The fraction of sp³-hybridized carbons (Fsp3) is 0.500. The second kappa shape index (κ2) is 5.85. The van der Waals surface area contributed by atoms with Crippen molar-refractivity contribution >= 4 is 5.69 Å². The molecule has 1 fully saturated rings. The van der Waals surface area contributed by atoms with E-state index in [-0.39, 0.29) is 6.10 Å². The molecule has 1 saturated heterocycles. The summed E-state index contributed by atoms with van der Waals surface area (Å²) in [6.45, 7) is 5.39. The number of rotatable bonds is 3. The van der Waals surface area contributed by atoms with E-state index in [9.17, 15) is 0 Å². The number of hydrogen-bond donors (Lipinski definition) is 1. The van der Waals surface area contributed by atoms with Crippen LogP contribution in [0.3, 0.4) is 0 Å². The van der Waals surface area contributed by atoms with Gasteiger partial charge in [-0.25, -0.2) is 0 Å². The number of nitrogens with one attached hydrogen (secondary N) is 1. The summed E-state index contributed by atoms with van der Waals surface area (Å²) in [4.78, 5) is 2.10. The number of morpholine rings is 1. The Morgan fingerprint density at radius 2 is 2.39 bits per heavy atom. The fourth-order valence-corrected chi connectivity index (χ4v) is 2.19. The van der Waals surface area contributed by atoms with Crippen molar-refractivity contribution in [3.8, 4) is 6.07 Å². The fourth-order valence-electron chi connectivity index (χ4n) is 2.19. The highest BCUT2D eigenvalue weighted by molar-refractivity contribution is 5.60. The molecule has 1 heterocycles. The van der Waals surface area contributed by atoms with Gasteiger partial charge in [-0.3, -0.25) is 0 Å². The predicted octanol–water partition coefficient (Wildman–Crippen LogP) is 1.29. The van der Waals surface area contributed by atoms with Gasteiger partial charge in [-0.2, -0.15) is 5.26 Å². The van der Waals surface area contributed by atoms with Crippen molar-refractivity contribution in [1.29, 1.82) is 5.26 Å². The molecule has 18 heavy (non-hydrogen) atoms. The molecule has 1 N–H and O–H groups in total. The van der Waals surface area contributed by atoms with Crippen LogP contribution in [0.5, 0.6) is 0 Å². The molecular formula is C14H19N3O. The zero-order valence-electron chi connectivity index (χ0n) is 10.9. The molecule has 1 atom stereocenters. The number of likely N-dealkylation sites (N-methyl/N-ethyl adjacent to an activating group) is 1. The molecule has 0 aliphatic carbocycles. The van der Waals surface area contributed by atoms with Crippen LogP contribution < -0.4 is 10.2 Å². The van der Waals surface area contributed by atoms with Crippen molar-refractivity contribution in [3.05, 3.63) is 29.3 Å². The minimum absolute atomic E-state index is 0.191. The van der Waals surface area contributed by atoms with Gasteiger partial charge < -0.3 is 15.0 Å². The number of hydrogen-bond acceptors (Lipinski definition) is 4. The molecular weight excluding hydrogens is 226 g/mol. The van der Waals surface area contributed by atoms with Gasteiger partial charge in [0.05, 0.1) is 24.0 Å². The lowest BCUT2D eigenvalue weighted by molar-refractivity contribution is 0.0340. The van der Waals surface area contributed by atoms with E-state index < -0.39 is 0 Å². The van der Waals surface area contributed by atoms with Crippen molar-refractivity contribution in [1.82, 2.24) is 5.32 Å². The van der Waals surface area contributed by atoms with Crippen LogP contribution in [0.4, 0.5) is 5.69 Å². The zero-order valence-corrected chi connectivity index (χ0v) is 10.9. The minimum Gasteiger partial charge on any atom is -0.374 e. The molecule has 0 bridgehead atoms. The Morgan fingerprint density at radius 3 is 3.06 bits per heavy atom. The summed E-state index contributed by atoms with van der Waals surface area (Å²) in [6, 6.07) is 8.14. The summed E-state index contributed by atoms with van der Waals surface area (Å²) >= 11 is 0. The third kappa shape index (κ3) is 3.00. The first-order valence-corrected chi connectivity index (χ1v) is 6.25. The van der Waals surface area contributed by atoms with Crippen LogP contribution in [0.15, 0.2) is 18.2 Å². The Morgan fingerprint density at radius 1 is 1.56 bits per heavy atom. The van der Waals surface area contributed by atoms with Crippen LogP contribution >= 0.6 is 0 Å². The first-order valence-electron chi connectivity index (χ1n) is 6.25. The maximum Gasteiger partial charge on any atom is 0.101 e. The smallest absolute Gasteiger partial charge is 0.101 e. The zero-order chi connectivity index (χ0) is 13.0. The SMILES string of the molecule is Cc1ccc(C#N)c(N(C)CC2CNCCO2)c1. The predicted molar refractivity (Wildman–Crippen MR) is 71.8 cm³/mol. The topological polar surface area (TPSA) is 48.3 Å². The summed E-state index contributed by atoms with van der Waals surface area (Å²) in [5.41, 5.74) is 2.86. The molecule has 0 radical (unpaired) electrons. The van der Waals surface area contributed by atoms with E-state index in [0.717, 1.165) is 31.9 Å². The van der Waals surface area contributed by atoms with Crippen LogP contribution in [0.2, 0.25) is 0 Å². The second-order valence-electron chi connectivity index (χ2n) is 4.71. The van der Waals surface area contributed by atoms with E-state index in [2.05, 4.69) is 22.4 Å². The average Bonchev–Trinajstić information content (AvgIpc) is 2.40. The normalized spacial score (nSPS) is 19.3. The molecule has 1 aliphatic heterocycles. The summed E-state index contributed by atoms with van der Waals surface area (Å²) < 4.78 is 5.69. The van der Waals surface area contributed by atoms with Gasteiger partial charge in [0.15, 0.2) is 0 Å². The van der Waals surface area contributed by atoms with Gasteiger partial charge in [-0.15, -0.1) is 0 Å². The third-order valence-corrected chi connectivity index (χ3v) is 3.17. The van der Waals surface area contributed by atoms with Gasteiger partial charge in [0.2, 0.25) is 0 Å². The molecule has 0 amide bonds. The van der Waals surface area contributed by atoms with E-state index in [4.69, 9.17) is 10.00 Å². The standard InChI is InChI=1S/C14H19N3O/c1-11-3-4-12(8-15)14(7-11)17(2)10-13-9-16-5-6-18-13/h3-4,7,13,16H,5-6,9-10H2,1-2H3. The van der Waals surface area contributed by atoms with Crippen LogP contribution in [-0.4, -0.2) is 39.4 Å². The van der Waals surface area contributed by atoms with E-state index in [1.54, 1.807) is 0 Å². The molecule has 1 aromatic carbocycles. The molecule has 2 rings (SSSR count). The molecule has 0 aromatic heterocycles. The number of anilines is 1. The van der Waals surface area contributed by atoms with E-state index in [0.29, 0.717) is 5.56 Å².